The smallest absolute Gasteiger partial charge is 0.325 e. The molecule has 1 atom stereocenters. The van der Waals surface area contributed by atoms with E-state index in [4.69, 9.17) is 0 Å². The fourth-order valence-electron chi connectivity index (χ4n) is 4.16. The van der Waals surface area contributed by atoms with Crippen LogP contribution >= 0.6 is 11.3 Å². The van der Waals surface area contributed by atoms with Gasteiger partial charge in [-0.15, -0.1) is 17.9 Å². The van der Waals surface area contributed by atoms with Gasteiger partial charge in [-0.25, -0.2) is 4.79 Å². The van der Waals surface area contributed by atoms with E-state index in [1.807, 2.05) is 35.7 Å². The molecule has 1 fully saturated rings. The maximum absolute atomic E-state index is 13.2. The number of carbonyl (C=O) groups excluding carboxylic acids is 3. The zero-order chi connectivity index (χ0) is 21.3. The summed E-state index contributed by atoms with van der Waals surface area (Å²) in [6.45, 7) is 5.91. The minimum atomic E-state index is -1.16. The van der Waals surface area contributed by atoms with Crippen molar-refractivity contribution in [1.29, 1.82) is 0 Å². The van der Waals surface area contributed by atoms with E-state index in [2.05, 4.69) is 11.9 Å². The van der Waals surface area contributed by atoms with Crippen LogP contribution in [0.1, 0.15) is 34.9 Å². The molecule has 1 aromatic carbocycles. The minimum absolute atomic E-state index is 0.287. The second-order valence-electron chi connectivity index (χ2n) is 7.93. The number of nitrogens with zero attached hydrogens (tertiary/aromatic N) is 2. The fourth-order valence-corrected chi connectivity index (χ4v) is 4.87. The summed E-state index contributed by atoms with van der Waals surface area (Å²) in [7, 11) is 0. The Morgan fingerprint density at radius 2 is 2.10 bits per heavy atom. The van der Waals surface area contributed by atoms with Gasteiger partial charge < -0.3 is 10.2 Å². The van der Waals surface area contributed by atoms with Crippen LogP contribution in [0.25, 0.3) is 0 Å². The van der Waals surface area contributed by atoms with Crippen LogP contribution in [-0.4, -0.2) is 40.7 Å². The molecule has 0 radical (unpaired) electrons. The Hall–Kier alpha value is -2.93. The van der Waals surface area contributed by atoms with Crippen LogP contribution in [0.4, 0.5) is 4.79 Å². The number of hydrogen-bond acceptors (Lipinski definition) is 4. The van der Waals surface area contributed by atoms with Gasteiger partial charge in [-0.1, -0.05) is 30.3 Å². The summed E-state index contributed by atoms with van der Waals surface area (Å²) >= 11 is 1.56. The van der Waals surface area contributed by atoms with Gasteiger partial charge in [-0.2, -0.15) is 0 Å². The van der Waals surface area contributed by atoms with Gasteiger partial charge >= 0.3 is 6.03 Å². The summed E-state index contributed by atoms with van der Waals surface area (Å²) in [4.78, 5) is 42.4. The van der Waals surface area contributed by atoms with Crippen LogP contribution < -0.4 is 5.32 Å². The first-order chi connectivity index (χ1) is 14.4. The lowest BCUT2D eigenvalue weighted by atomic mass is 9.89. The molecular formula is C23H25N3O3S. The Balaban J connectivity index is 1.52. The van der Waals surface area contributed by atoms with E-state index in [1.165, 1.54) is 11.1 Å². The number of benzene rings is 1. The summed E-state index contributed by atoms with van der Waals surface area (Å²) in [5.74, 6) is -0.682. The van der Waals surface area contributed by atoms with Crippen LogP contribution in [-0.2, 0) is 34.5 Å². The third-order valence-corrected chi connectivity index (χ3v) is 6.73. The summed E-state index contributed by atoms with van der Waals surface area (Å²) in [5.41, 5.74) is 2.14. The van der Waals surface area contributed by atoms with Crippen LogP contribution in [0.15, 0.2) is 48.4 Å². The van der Waals surface area contributed by atoms with Gasteiger partial charge in [0.2, 0.25) is 5.91 Å². The molecule has 2 aliphatic rings. The van der Waals surface area contributed by atoms with Crippen molar-refractivity contribution in [2.24, 2.45) is 0 Å². The standard InChI is InChI=1S/C23H25N3O3S/c1-3-11-25(14-19-8-5-12-30-19)20(27)15-26-21(28)23(2,24-22(26)29)18-10-9-16-6-4-7-17(16)13-18/h3,5,8-10,12-13H,1,4,6-7,11,14-15H2,2H3,(H,24,29)/t23-/m0/s1. The molecule has 1 N–H and O–H groups in total. The first kappa shape index (κ1) is 20.3. The number of imide groups is 1. The molecule has 2 aromatic rings. The molecule has 30 heavy (non-hydrogen) atoms. The molecule has 0 saturated carbocycles. The predicted molar refractivity (Wildman–Crippen MR) is 116 cm³/mol. The molecule has 7 heteroatoms. The topological polar surface area (TPSA) is 69.7 Å². The molecule has 1 saturated heterocycles. The average molecular weight is 424 g/mol. The van der Waals surface area contributed by atoms with Crippen molar-refractivity contribution in [3.8, 4) is 0 Å². The minimum Gasteiger partial charge on any atom is -0.332 e. The lowest BCUT2D eigenvalue weighted by Crippen LogP contribution is -2.44. The van der Waals surface area contributed by atoms with Crippen molar-refractivity contribution in [3.63, 3.8) is 0 Å². The molecule has 1 aliphatic heterocycles. The van der Waals surface area contributed by atoms with Crippen molar-refractivity contribution in [3.05, 3.63) is 69.9 Å². The number of thiophene rings is 1. The van der Waals surface area contributed by atoms with Crippen LogP contribution in [0, 0.1) is 0 Å². The van der Waals surface area contributed by atoms with Crippen LogP contribution in [0.2, 0.25) is 0 Å². The molecule has 4 amide bonds. The van der Waals surface area contributed by atoms with Crippen molar-refractivity contribution < 1.29 is 14.4 Å². The van der Waals surface area contributed by atoms with Crippen molar-refractivity contribution in [2.45, 2.75) is 38.3 Å². The summed E-state index contributed by atoms with van der Waals surface area (Å²) in [6, 6.07) is 9.32. The molecule has 4 rings (SSSR count). The highest BCUT2D eigenvalue weighted by Crippen LogP contribution is 2.32. The van der Waals surface area contributed by atoms with Gasteiger partial charge in [0.1, 0.15) is 12.1 Å². The number of hydrogen-bond donors (Lipinski definition) is 1. The number of nitrogens with one attached hydrogen (secondary N) is 1. The SMILES string of the molecule is C=CCN(Cc1cccs1)C(=O)CN1C(=O)N[C@@](C)(c2ccc3c(c2)CCC3)C1=O. The molecule has 0 bridgehead atoms. The fraction of sp³-hybridized carbons (Fsp3) is 0.348. The predicted octanol–water partition coefficient (Wildman–Crippen LogP) is 3.22. The van der Waals surface area contributed by atoms with Crippen molar-refractivity contribution in [1.82, 2.24) is 15.1 Å². The Kier molecular flexibility index (Phi) is 5.47. The molecule has 156 valence electrons. The molecular weight excluding hydrogens is 398 g/mol. The highest BCUT2D eigenvalue weighted by Gasteiger charge is 2.49. The first-order valence-corrected chi connectivity index (χ1v) is 11.0. The third kappa shape index (κ3) is 3.65. The Morgan fingerprint density at radius 1 is 1.30 bits per heavy atom. The molecule has 0 unspecified atom stereocenters. The quantitative estimate of drug-likeness (QED) is 0.549. The lowest BCUT2D eigenvalue weighted by molar-refractivity contribution is -0.138. The number of carbonyl (C=O) groups is 3. The number of rotatable bonds is 7. The highest BCUT2D eigenvalue weighted by atomic mass is 32.1. The molecule has 0 spiro atoms. The van der Waals surface area contributed by atoms with Crippen molar-refractivity contribution in [2.75, 3.05) is 13.1 Å². The molecule has 2 heterocycles. The van der Waals surface area contributed by atoms with Crippen LogP contribution in [0.5, 0.6) is 0 Å². The van der Waals surface area contributed by atoms with Crippen molar-refractivity contribution >= 4 is 29.2 Å². The summed E-state index contributed by atoms with van der Waals surface area (Å²) in [6.07, 6.45) is 4.80. The normalized spacial score (nSPS) is 20.2. The summed E-state index contributed by atoms with van der Waals surface area (Å²) in [5, 5.41) is 4.76. The van der Waals surface area contributed by atoms with Gasteiger partial charge in [0, 0.05) is 11.4 Å². The summed E-state index contributed by atoms with van der Waals surface area (Å²) < 4.78 is 0. The van der Waals surface area contributed by atoms with Crippen LogP contribution in [0.3, 0.4) is 0 Å². The maximum Gasteiger partial charge on any atom is 0.325 e. The molecule has 6 nitrogen and oxygen atoms in total. The number of aryl methyl sites for hydroxylation is 2. The van der Waals surface area contributed by atoms with E-state index in [1.54, 1.807) is 29.2 Å². The van der Waals surface area contributed by atoms with E-state index >= 15 is 0 Å². The third-order valence-electron chi connectivity index (χ3n) is 5.87. The number of amides is 4. The Bertz CT molecular complexity index is 1000. The number of fused-ring (bicyclic) bond motifs is 1. The molecule has 1 aliphatic carbocycles. The number of urea groups is 1. The van der Waals surface area contributed by atoms with Gasteiger partial charge in [0.15, 0.2) is 0 Å². The average Bonchev–Trinajstić information content (AvgIpc) is 3.45. The van der Waals surface area contributed by atoms with E-state index in [0.717, 1.165) is 34.6 Å². The zero-order valence-corrected chi connectivity index (χ0v) is 17.8. The highest BCUT2D eigenvalue weighted by molar-refractivity contribution is 7.09. The molecule has 1 aromatic heterocycles. The Labute approximate surface area is 180 Å². The van der Waals surface area contributed by atoms with Gasteiger partial charge in [-0.3, -0.25) is 14.5 Å². The van der Waals surface area contributed by atoms with Gasteiger partial charge in [-0.05, 0) is 54.3 Å². The van der Waals surface area contributed by atoms with E-state index in [0.29, 0.717) is 13.1 Å². The largest absolute Gasteiger partial charge is 0.332 e. The maximum atomic E-state index is 13.2. The lowest BCUT2D eigenvalue weighted by Gasteiger charge is -2.25. The van der Waals surface area contributed by atoms with E-state index in [9.17, 15) is 14.4 Å². The monoisotopic (exact) mass is 423 g/mol. The second kappa shape index (κ2) is 8.07. The van der Waals surface area contributed by atoms with Gasteiger partial charge in [0.25, 0.3) is 5.91 Å². The second-order valence-corrected chi connectivity index (χ2v) is 8.96. The van der Waals surface area contributed by atoms with Gasteiger partial charge in [0.05, 0.1) is 6.54 Å². The zero-order valence-electron chi connectivity index (χ0n) is 17.0. The first-order valence-electron chi connectivity index (χ1n) is 10.1. The van der Waals surface area contributed by atoms with E-state index in [-0.39, 0.29) is 12.5 Å². The Morgan fingerprint density at radius 3 is 2.83 bits per heavy atom. The van der Waals surface area contributed by atoms with E-state index < -0.39 is 17.5 Å².